The van der Waals surface area contributed by atoms with Gasteiger partial charge in [-0.15, -0.1) is 0 Å². The van der Waals surface area contributed by atoms with Gasteiger partial charge >= 0.3 is 5.97 Å². The minimum Gasteiger partial charge on any atom is -0.481 e. The van der Waals surface area contributed by atoms with Gasteiger partial charge in [-0.1, -0.05) is 18.2 Å². The monoisotopic (exact) mass is 260 g/mol. The quantitative estimate of drug-likeness (QED) is 0.688. The fourth-order valence-corrected chi connectivity index (χ4v) is 1.92. The van der Waals surface area contributed by atoms with Crippen LogP contribution in [0.3, 0.4) is 0 Å². The molecule has 5 nitrogen and oxygen atoms in total. The second-order valence-corrected chi connectivity index (χ2v) is 4.25. The SMILES string of the molecule is O=C(O)Cc1cc(NCCCO)c2ccccc2n1. The van der Waals surface area contributed by atoms with Gasteiger partial charge in [-0.3, -0.25) is 9.78 Å². The molecule has 0 fully saturated rings. The molecular formula is C14H16N2O3. The Morgan fingerprint density at radius 2 is 2.11 bits per heavy atom. The first-order valence-corrected chi connectivity index (χ1v) is 6.16. The maximum absolute atomic E-state index is 10.8. The normalized spacial score (nSPS) is 10.6. The lowest BCUT2D eigenvalue weighted by atomic mass is 10.1. The second-order valence-electron chi connectivity index (χ2n) is 4.25. The molecule has 1 aromatic heterocycles. The lowest BCUT2D eigenvalue weighted by Gasteiger charge is -2.10. The van der Waals surface area contributed by atoms with Crippen LogP contribution in [0.5, 0.6) is 0 Å². The largest absolute Gasteiger partial charge is 0.481 e. The number of carboxylic acids is 1. The minimum atomic E-state index is -0.899. The number of rotatable bonds is 6. The van der Waals surface area contributed by atoms with E-state index in [0.717, 1.165) is 16.6 Å². The summed E-state index contributed by atoms with van der Waals surface area (Å²) in [6.45, 7) is 0.759. The number of para-hydroxylation sites is 1. The number of fused-ring (bicyclic) bond motifs is 1. The maximum atomic E-state index is 10.8. The molecule has 5 heteroatoms. The van der Waals surface area contributed by atoms with Crippen molar-refractivity contribution >= 4 is 22.6 Å². The van der Waals surface area contributed by atoms with Crippen LogP contribution in [0.15, 0.2) is 30.3 Å². The number of benzene rings is 1. The Labute approximate surface area is 110 Å². The average Bonchev–Trinajstić information content (AvgIpc) is 2.38. The zero-order valence-electron chi connectivity index (χ0n) is 10.5. The predicted octanol–water partition coefficient (Wildman–Crippen LogP) is 1.66. The molecule has 0 unspecified atom stereocenters. The first-order chi connectivity index (χ1) is 9.20. The molecule has 1 heterocycles. The fourth-order valence-electron chi connectivity index (χ4n) is 1.92. The van der Waals surface area contributed by atoms with E-state index in [1.165, 1.54) is 0 Å². The average molecular weight is 260 g/mol. The summed E-state index contributed by atoms with van der Waals surface area (Å²) in [7, 11) is 0. The van der Waals surface area contributed by atoms with E-state index in [1.54, 1.807) is 6.07 Å². The molecule has 0 saturated heterocycles. The summed E-state index contributed by atoms with van der Waals surface area (Å²) in [4.78, 5) is 15.1. The third-order valence-corrected chi connectivity index (χ3v) is 2.75. The van der Waals surface area contributed by atoms with Crippen molar-refractivity contribution in [3.05, 3.63) is 36.0 Å². The second kappa shape index (κ2) is 6.15. The summed E-state index contributed by atoms with van der Waals surface area (Å²) in [6, 6.07) is 9.34. The molecule has 100 valence electrons. The Hall–Kier alpha value is -2.14. The Bertz CT molecular complexity index is 584. The smallest absolute Gasteiger partial charge is 0.309 e. The van der Waals surface area contributed by atoms with Crippen molar-refractivity contribution in [3.8, 4) is 0 Å². The van der Waals surface area contributed by atoms with Crippen molar-refractivity contribution in [1.29, 1.82) is 0 Å². The number of carbonyl (C=O) groups is 1. The van der Waals surface area contributed by atoms with Crippen molar-refractivity contribution in [2.75, 3.05) is 18.5 Å². The topological polar surface area (TPSA) is 82.5 Å². The fraction of sp³-hybridized carbons (Fsp3) is 0.286. The molecule has 2 rings (SSSR count). The Morgan fingerprint density at radius 3 is 2.84 bits per heavy atom. The van der Waals surface area contributed by atoms with E-state index in [9.17, 15) is 4.79 Å². The highest BCUT2D eigenvalue weighted by Crippen LogP contribution is 2.23. The number of anilines is 1. The van der Waals surface area contributed by atoms with Gasteiger partial charge in [0, 0.05) is 24.2 Å². The van der Waals surface area contributed by atoms with Crippen molar-refractivity contribution in [1.82, 2.24) is 4.98 Å². The molecule has 0 saturated carbocycles. The Morgan fingerprint density at radius 1 is 1.32 bits per heavy atom. The molecule has 0 bridgehead atoms. The van der Waals surface area contributed by atoms with Crippen molar-refractivity contribution in [2.24, 2.45) is 0 Å². The number of aliphatic hydroxyl groups excluding tert-OH is 1. The van der Waals surface area contributed by atoms with Gasteiger partial charge < -0.3 is 15.5 Å². The molecule has 19 heavy (non-hydrogen) atoms. The van der Waals surface area contributed by atoms with Gasteiger partial charge in [-0.2, -0.15) is 0 Å². The molecule has 0 amide bonds. The van der Waals surface area contributed by atoms with Crippen LogP contribution in [0.4, 0.5) is 5.69 Å². The van der Waals surface area contributed by atoms with Crippen molar-refractivity contribution in [2.45, 2.75) is 12.8 Å². The summed E-state index contributed by atoms with van der Waals surface area (Å²) < 4.78 is 0. The lowest BCUT2D eigenvalue weighted by Crippen LogP contribution is -2.07. The highest BCUT2D eigenvalue weighted by molar-refractivity contribution is 5.91. The standard InChI is InChI=1S/C14H16N2O3/c17-7-3-6-15-13-8-10(9-14(18)19)16-12-5-2-1-4-11(12)13/h1-2,4-5,8,17H,3,6-7,9H2,(H,15,16)(H,18,19). The van der Waals surface area contributed by atoms with E-state index < -0.39 is 5.97 Å². The lowest BCUT2D eigenvalue weighted by molar-refractivity contribution is -0.136. The summed E-state index contributed by atoms with van der Waals surface area (Å²) in [6.07, 6.45) is 0.546. The molecule has 3 N–H and O–H groups in total. The van der Waals surface area contributed by atoms with Gasteiger partial charge in [0.25, 0.3) is 0 Å². The molecule has 1 aromatic carbocycles. The van der Waals surface area contributed by atoms with Gasteiger partial charge in [-0.25, -0.2) is 0 Å². The van der Waals surface area contributed by atoms with E-state index in [1.807, 2.05) is 24.3 Å². The summed E-state index contributed by atoms with van der Waals surface area (Å²) in [5.41, 5.74) is 2.15. The zero-order valence-corrected chi connectivity index (χ0v) is 10.5. The van der Waals surface area contributed by atoms with Crippen LogP contribution in [0, 0.1) is 0 Å². The van der Waals surface area contributed by atoms with Crippen LogP contribution < -0.4 is 5.32 Å². The van der Waals surface area contributed by atoms with Crippen LogP contribution in [0.25, 0.3) is 10.9 Å². The predicted molar refractivity (Wildman–Crippen MR) is 73.3 cm³/mol. The Kier molecular flexibility index (Phi) is 4.30. The number of aromatic nitrogens is 1. The van der Waals surface area contributed by atoms with E-state index in [-0.39, 0.29) is 13.0 Å². The van der Waals surface area contributed by atoms with Gasteiger partial charge in [0.05, 0.1) is 17.6 Å². The van der Waals surface area contributed by atoms with Crippen LogP contribution in [0.2, 0.25) is 0 Å². The first kappa shape index (κ1) is 13.3. The van der Waals surface area contributed by atoms with E-state index >= 15 is 0 Å². The third kappa shape index (κ3) is 3.42. The summed E-state index contributed by atoms with van der Waals surface area (Å²) in [5.74, 6) is -0.899. The van der Waals surface area contributed by atoms with E-state index in [0.29, 0.717) is 18.7 Å². The minimum absolute atomic E-state index is 0.0977. The molecule has 0 aliphatic rings. The van der Waals surface area contributed by atoms with Gasteiger partial charge in [0.2, 0.25) is 0 Å². The van der Waals surface area contributed by atoms with Crippen LogP contribution in [0.1, 0.15) is 12.1 Å². The maximum Gasteiger partial charge on any atom is 0.309 e. The van der Waals surface area contributed by atoms with Crippen molar-refractivity contribution in [3.63, 3.8) is 0 Å². The highest BCUT2D eigenvalue weighted by Gasteiger charge is 2.08. The highest BCUT2D eigenvalue weighted by atomic mass is 16.4. The summed E-state index contributed by atoms with van der Waals surface area (Å²) >= 11 is 0. The number of aliphatic carboxylic acids is 1. The van der Waals surface area contributed by atoms with E-state index in [2.05, 4.69) is 10.3 Å². The number of nitrogens with zero attached hydrogens (tertiary/aromatic N) is 1. The van der Waals surface area contributed by atoms with Crippen LogP contribution >= 0.6 is 0 Å². The number of pyridine rings is 1. The van der Waals surface area contributed by atoms with Crippen molar-refractivity contribution < 1.29 is 15.0 Å². The molecule has 0 atom stereocenters. The Balaban J connectivity index is 2.36. The van der Waals surface area contributed by atoms with Crippen LogP contribution in [-0.2, 0) is 11.2 Å². The number of hydrogen-bond acceptors (Lipinski definition) is 4. The van der Waals surface area contributed by atoms with Crippen LogP contribution in [-0.4, -0.2) is 34.3 Å². The van der Waals surface area contributed by atoms with Gasteiger partial charge in [0.15, 0.2) is 0 Å². The van der Waals surface area contributed by atoms with Gasteiger partial charge in [0.1, 0.15) is 0 Å². The molecule has 2 aromatic rings. The molecule has 0 spiro atoms. The molecule has 0 radical (unpaired) electrons. The van der Waals surface area contributed by atoms with Gasteiger partial charge in [-0.05, 0) is 18.6 Å². The molecular weight excluding hydrogens is 244 g/mol. The molecule has 0 aliphatic heterocycles. The first-order valence-electron chi connectivity index (χ1n) is 6.16. The third-order valence-electron chi connectivity index (χ3n) is 2.75. The number of hydrogen-bond donors (Lipinski definition) is 3. The molecule has 0 aliphatic carbocycles. The number of carboxylic acid groups (broad SMARTS) is 1. The number of aliphatic hydroxyl groups is 1. The summed E-state index contributed by atoms with van der Waals surface area (Å²) in [5, 5.41) is 21.8. The van der Waals surface area contributed by atoms with E-state index in [4.69, 9.17) is 10.2 Å². The zero-order chi connectivity index (χ0) is 13.7. The number of nitrogens with one attached hydrogen (secondary N) is 1.